The Labute approximate surface area is 132 Å². The average Bonchev–Trinajstić information content (AvgIpc) is 2.43. The first-order chi connectivity index (χ1) is 9.95. The number of thiocarbonyl (C=S) groups is 1. The van der Waals surface area contributed by atoms with Crippen LogP contribution in [0.4, 0.5) is 0 Å². The summed E-state index contributed by atoms with van der Waals surface area (Å²) >= 11 is 5.11. The number of nitrogens with one attached hydrogen (secondary N) is 1. The molecule has 3 N–H and O–H groups in total. The van der Waals surface area contributed by atoms with E-state index in [1.807, 2.05) is 18.2 Å². The molecule has 0 aromatic heterocycles. The van der Waals surface area contributed by atoms with Crippen LogP contribution in [0.5, 0.6) is 0 Å². The molecule has 1 unspecified atom stereocenters. The molecule has 0 radical (unpaired) electrons. The smallest absolute Gasteiger partial charge is 0.233 e. The standard InChI is InChI=1S/C17H24N2OS/c1-12-10-17(11-12,15(18)21)16(20)19-9-8-13(2)14-6-4-3-5-7-14/h3-7,12-13H,8-11H2,1-2H3,(H2,18,21)(H,19,20). The van der Waals surface area contributed by atoms with Gasteiger partial charge in [0.05, 0.1) is 10.4 Å². The molecule has 0 spiro atoms. The minimum Gasteiger partial charge on any atom is -0.392 e. The van der Waals surface area contributed by atoms with Gasteiger partial charge in [-0.1, -0.05) is 56.4 Å². The van der Waals surface area contributed by atoms with Crippen molar-refractivity contribution < 1.29 is 4.79 Å². The molecule has 0 aliphatic heterocycles. The lowest BCUT2D eigenvalue weighted by Gasteiger charge is -2.44. The highest BCUT2D eigenvalue weighted by Crippen LogP contribution is 2.45. The second-order valence-electron chi connectivity index (χ2n) is 6.32. The second kappa shape index (κ2) is 6.56. The summed E-state index contributed by atoms with van der Waals surface area (Å²) in [5.74, 6) is 0.960. The van der Waals surface area contributed by atoms with E-state index in [9.17, 15) is 4.79 Å². The lowest BCUT2D eigenvalue weighted by atomic mass is 9.62. The third kappa shape index (κ3) is 3.43. The largest absolute Gasteiger partial charge is 0.392 e. The summed E-state index contributed by atoms with van der Waals surface area (Å²) in [6.45, 7) is 4.96. The molecule has 0 bridgehead atoms. The normalized spacial score (nSPS) is 25.7. The Kier molecular flexibility index (Phi) is 4.99. The summed E-state index contributed by atoms with van der Waals surface area (Å²) in [4.78, 5) is 12.7. The number of carbonyl (C=O) groups excluding carboxylic acids is 1. The molecule has 1 fully saturated rings. The fraction of sp³-hybridized carbons (Fsp3) is 0.529. The van der Waals surface area contributed by atoms with Crippen molar-refractivity contribution in [2.75, 3.05) is 6.54 Å². The zero-order chi connectivity index (χ0) is 15.5. The molecule has 1 atom stereocenters. The van der Waals surface area contributed by atoms with E-state index < -0.39 is 5.41 Å². The van der Waals surface area contributed by atoms with E-state index in [4.69, 9.17) is 18.0 Å². The molecular weight excluding hydrogens is 280 g/mol. The van der Waals surface area contributed by atoms with Gasteiger partial charge in [-0.25, -0.2) is 0 Å². The summed E-state index contributed by atoms with van der Waals surface area (Å²) in [7, 11) is 0. The molecule has 3 nitrogen and oxygen atoms in total. The van der Waals surface area contributed by atoms with Crippen LogP contribution in [0.2, 0.25) is 0 Å². The predicted octanol–water partition coefficient (Wildman–Crippen LogP) is 3.00. The van der Waals surface area contributed by atoms with Gasteiger partial charge in [0.15, 0.2) is 0 Å². The Morgan fingerprint density at radius 3 is 2.57 bits per heavy atom. The molecule has 1 aliphatic carbocycles. The highest BCUT2D eigenvalue weighted by Gasteiger charge is 2.50. The van der Waals surface area contributed by atoms with Gasteiger partial charge in [-0.15, -0.1) is 0 Å². The molecule has 114 valence electrons. The highest BCUT2D eigenvalue weighted by atomic mass is 32.1. The van der Waals surface area contributed by atoms with Crippen molar-refractivity contribution >= 4 is 23.1 Å². The van der Waals surface area contributed by atoms with Gasteiger partial charge in [0.25, 0.3) is 0 Å². The van der Waals surface area contributed by atoms with Gasteiger partial charge in [-0.05, 0) is 36.7 Å². The average molecular weight is 304 g/mol. The maximum atomic E-state index is 12.4. The van der Waals surface area contributed by atoms with E-state index in [1.54, 1.807) is 0 Å². The maximum absolute atomic E-state index is 12.4. The van der Waals surface area contributed by atoms with Gasteiger partial charge in [-0.3, -0.25) is 4.79 Å². The van der Waals surface area contributed by atoms with Crippen LogP contribution < -0.4 is 11.1 Å². The van der Waals surface area contributed by atoms with E-state index in [0.29, 0.717) is 23.4 Å². The molecule has 1 aromatic rings. The summed E-state index contributed by atoms with van der Waals surface area (Å²) in [6, 6.07) is 10.3. The Hall–Kier alpha value is -1.42. The van der Waals surface area contributed by atoms with Crippen LogP contribution in [0.15, 0.2) is 30.3 Å². The minimum absolute atomic E-state index is 0.00774. The zero-order valence-electron chi connectivity index (χ0n) is 12.8. The minimum atomic E-state index is -0.593. The quantitative estimate of drug-likeness (QED) is 0.794. The van der Waals surface area contributed by atoms with E-state index in [2.05, 4.69) is 31.3 Å². The molecule has 1 aromatic carbocycles. The number of rotatable bonds is 6. The van der Waals surface area contributed by atoms with E-state index in [1.165, 1.54) is 5.56 Å². The number of hydrogen-bond acceptors (Lipinski definition) is 2. The SMILES string of the molecule is CC1CC(C(=O)NCCC(C)c2ccccc2)(C(N)=S)C1. The summed E-state index contributed by atoms with van der Waals surface area (Å²) in [5.41, 5.74) is 6.50. The first-order valence-corrected chi connectivity index (χ1v) is 7.99. The van der Waals surface area contributed by atoms with Gasteiger partial charge in [0.2, 0.25) is 5.91 Å². The fourth-order valence-corrected chi connectivity index (χ4v) is 3.41. The van der Waals surface area contributed by atoms with Gasteiger partial charge in [0.1, 0.15) is 0 Å². The molecule has 0 saturated heterocycles. The van der Waals surface area contributed by atoms with Gasteiger partial charge >= 0.3 is 0 Å². The molecule has 21 heavy (non-hydrogen) atoms. The molecule has 1 amide bonds. The van der Waals surface area contributed by atoms with Crippen molar-refractivity contribution in [2.24, 2.45) is 17.1 Å². The van der Waals surface area contributed by atoms with Crippen molar-refractivity contribution in [3.63, 3.8) is 0 Å². The van der Waals surface area contributed by atoms with Crippen LogP contribution >= 0.6 is 12.2 Å². The summed E-state index contributed by atoms with van der Waals surface area (Å²) in [6.07, 6.45) is 2.48. The van der Waals surface area contributed by atoms with Crippen LogP contribution in [0.3, 0.4) is 0 Å². The zero-order valence-corrected chi connectivity index (χ0v) is 13.6. The fourth-order valence-electron chi connectivity index (χ4n) is 3.15. The number of nitrogens with two attached hydrogens (primary N) is 1. The number of carbonyl (C=O) groups is 1. The first kappa shape index (κ1) is 16.0. The van der Waals surface area contributed by atoms with Crippen LogP contribution in [-0.2, 0) is 4.79 Å². The number of amides is 1. The highest BCUT2D eigenvalue weighted by molar-refractivity contribution is 7.80. The summed E-state index contributed by atoms with van der Waals surface area (Å²) < 4.78 is 0. The van der Waals surface area contributed by atoms with Gasteiger partial charge < -0.3 is 11.1 Å². The molecule has 0 heterocycles. The first-order valence-electron chi connectivity index (χ1n) is 7.59. The predicted molar refractivity (Wildman–Crippen MR) is 90.1 cm³/mol. The number of benzene rings is 1. The van der Waals surface area contributed by atoms with Crippen molar-refractivity contribution in [3.05, 3.63) is 35.9 Å². The van der Waals surface area contributed by atoms with E-state index >= 15 is 0 Å². The Balaban J connectivity index is 1.83. The molecular formula is C17H24N2OS. The lowest BCUT2D eigenvalue weighted by Crippen LogP contribution is -2.56. The van der Waals surface area contributed by atoms with E-state index in [-0.39, 0.29) is 5.91 Å². The van der Waals surface area contributed by atoms with Crippen LogP contribution in [-0.4, -0.2) is 17.4 Å². The van der Waals surface area contributed by atoms with Crippen LogP contribution in [0, 0.1) is 11.3 Å². The topological polar surface area (TPSA) is 55.1 Å². The van der Waals surface area contributed by atoms with Crippen molar-refractivity contribution in [1.29, 1.82) is 0 Å². The molecule has 1 saturated carbocycles. The van der Waals surface area contributed by atoms with Crippen molar-refractivity contribution in [3.8, 4) is 0 Å². The van der Waals surface area contributed by atoms with Crippen molar-refractivity contribution in [1.82, 2.24) is 5.32 Å². The molecule has 2 rings (SSSR count). The van der Waals surface area contributed by atoms with Gasteiger partial charge in [-0.2, -0.15) is 0 Å². The third-order valence-corrected chi connectivity index (χ3v) is 4.92. The second-order valence-corrected chi connectivity index (χ2v) is 6.76. The van der Waals surface area contributed by atoms with Crippen LogP contribution in [0.25, 0.3) is 0 Å². The number of hydrogen-bond donors (Lipinski definition) is 2. The molecule has 4 heteroatoms. The summed E-state index contributed by atoms with van der Waals surface area (Å²) in [5, 5.41) is 3.02. The third-order valence-electron chi connectivity index (χ3n) is 4.53. The van der Waals surface area contributed by atoms with Crippen LogP contribution in [0.1, 0.15) is 44.6 Å². The molecule has 1 aliphatic rings. The monoisotopic (exact) mass is 304 g/mol. The Morgan fingerprint density at radius 2 is 2.05 bits per heavy atom. The Morgan fingerprint density at radius 1 is 1.43 bits per heavy atom. The van der Waals surface area contributed by atoms with Crippen molar-refractivity contribution in [2.45, 2.75) is 39.0 Å². The van der Waals surface area contributed by atoms with E-state index in [0.717, 1.165) is 19.3 Å². The Bertz CT molecular complexity index is 509. The maximum Gasteiger partial charge on any atom is 0.233 e. The lowest BCUT2D eigenvalue weighted by molar-refractivity contribution is -0.132. The van der Waals surface area contributed by atoms with Gasteiger partial charge in [0, 0.05) is 6.54 Å².